The molecule has 0 aromatic heterocycles. The van der Waals surface area contributed by atoms with Gasteiger partial charge in [-0.1, -0.05) is 30.3 Å². The van der Waals surface area contributed by atoms with E-state index in [1.54, 1.807) is 31.4 Å². The van der Waals surface area contributed by atoms with Crippen LogP contribution in [0.25, 0.3) is 6.08 Å². The molecule has 0 amide bonds. The molecule has 0 radical (unpaired) electrons. The predicted molar refractivity (Wildman–Crippen MR) is 85.7 cm³/mol. The van der Waals surface area contributed by atoms with Crippen molar-refractivity contribution in [1.82, 2.24) is 0 Å². The van der Waals surface area contributed by atoms with Crippen molar-refractivity contribution in [3.05, 3.63) is 65.1 Å². The van der Waals surface area contributed by atoms with Gasteiger partial charge in [0.25, 0.3) is 10.0 Å². The molecule has 0 fully saturated rings. The second-order valence-corrected chi connectivity index (χ2v) is 6.11. The molecule has 110 valence electrons. The first kappa shape index (κ1) is 15.1. The molecule has 2 aromatic rings. The zero-order valence-corrected chi connectivity index (χ0v) is 12.7. The lowest BCUT2D eigenvalue weighted by Gasteiger charge is -2.09. The first-order valence-corrected chi connectivity index (χ1v) is 7.95. The van der Waals surface area contributed by atoms with Crippen molar-refractivity contribution >= 4 is 21.8 Å². The SMILES string of the molecule is COc1ccc(NS(=O)(=O)/C=C/c2ccccc2)c(C)c1. The van der Waals surface area contributed by atoms with Crippen molar-refractivity contribution < 1.29 is 13.2 Å². The minimum Gasteiger partial charge on any atom is -0.497 e. The van der Waals surface area contributed by atoms with Gasteiger partial charge < -0.3 is 4.74 Å². The predicted octanol–water partition coefficient (Wildman–Crippen LogP) is 3.42. The maximum absolute atomic E-state index is 12.1. The summed E-state index contributed by atoms with van der Waals surface area (Å²) in [5.41, 5.74) is 2.16. The Morgan fingerprint density at radius 2 is 1.81 bits per heavy atom. The van der Waals surface area contributed by atoms with E-state index < -0.39 is 10.0 Å². The van der Waals surface area contributed by atoms with E-state index in [0.29, 0.717) is 11.4 Å². The summed E-state index contributed by atoms with van der Waals surface area (Å²) in [6.45, 7) is 1.82. The molecule has 0 aliphatic heterocycles. The summed E-state index contributed by atoms with van der Waals surface area (Å²) in [6, 6.07) is 14.4. The van der Waals surface area contributed by atoms with E-state index in [1.165, 1.54) is 0 Å². The molecule has 0 saturated carbocycles. The van der Waals surface area contributed by atoms with Gasteiger partial charge in [0.05, 0.1) is 18.2 Å². The highest BCUT2D eigenvalue weighted by atomic mass is 32.2. The van der Waals surface area contributed by atoms with Crippen LogP contribution in [-0.2, 0) is 10.0 Å². The van der Waals surface area contributed by atoms with E-state index in [-0.39, 0.29) is 0 Å². The molecule has 0 aliphatic rings. The normalized spacial score (nSPS) is 11.5. The third-order valence-corrected chi connectivity index (χ3v) is 3.92. The van der Waals surface area contributed by atoms with Gasteiger partial charge in [-0.25, -0.2) is 8.42 Å². The standard InChI is InChI=1S/C16H17NO3S/c1-13-12-15(20-2)8-9-16(13)17-21(18,19)11-10-14-6-4-3-5-7-14/h3-12,17H,1-2H3/b11-10+. The van der Waals surface area contributed by atoms with Crippen LogP contribution >= 0.6 is 0 Å². The molecule has 4 nitrogen and oxygen atoms in total. The fraction of sp³-hybridized carbons (Fsp3) is 0.125. The lowest BCUT2D eigenvalue weighted by atomic mass is 10.2. The van der Waals surface area contributed by atoms with Crippen LogP contribution in [0.2, 0.25) is 0 Å². The third-order valence-electron chi connectivity index (χ3n) is 2.93. The number of hydrogen-bond acceptors (Lipinski definition) is 3. The summed E-state index contributed by atoms with van der Waals surface area (Å²) < 4.78 is 31.7. The van der Waals surface area contributed by atoms with Crippen molar-refractivity contribution in [2.45, 2.75) is 6.92 Å². The molecule has 0 unspecified atom stereocenters. The van der Waals surface area contributed by atoms with E-state index in [9.17, 15) is 8.42 Å². The summed E-state index contributed by atoms with van der Waals surface area (Å²) in [5, 5.41) is 1.16. The number of rotatable bonds is 5. The fourth-order valence-corrected chi connectivity index (χ4v) is 2.74. The zero-order chi connectivity index (χ0) is 15.3. The topological polar surface area (TPSA) is 55.4 Å². The smallest absolute Gasteiger partial charge is 0.255 e. The lowest BCUT2D eigenvalue weighted by Crippen LogP contribution is -2.09. The van der Waals surface area contributed by atoms with Gasteiger partial charge in [-0.05, 0) is 42.3 Å². The van der Waals surface area contributed by atoms with Crippen molar-refractivity contribution in [3.63, 3.8) is 0 Å². The van der Waals surface area contributed by atoms with Gasteiger partial charge in [0.2, 0.25) is 0 Å². The summed E-state index contributed by atoms with van der Waals surface area (Å²) in [5.74, 6) is 0.690. The van der Waals surface area contributed by atoms with E-state index >= 15 is 0 Å². The number of hydrogen-bond donors (Lipinski definition) is 1. The molecule has 2 aromatic carbocycles. The molecular formula is C16H17NO3S. The van der Waals surface area contributed by atoms with Crippen LogP contribution in [0.3, 0.4) is 0 Å². The van der Waals surface area contributed by atoms with Crippen LogP contribution in [0.4, 0.5) is 5.69 Å². The van der Waals surface area contributed by atoms with Crippen LogP contribution < -0.4 is 9.46 Å². The van der Waals surface area contributed by atoms with Gasteiger partial charge >= 0.3 is 0 Å². The zero-order valence-electron chi connectivity index (χ0n) is 11.9. The Morgan fingerprint density at radius 1 is 1.10 bits per heavy atom. The summed E-state index contributed by atoms with van der Waals surface area (Å²) >= 11 is 0. The molecule has 0 aliphatic carbocycles. The summed E-state index contributed by atoms with van der Waals surface area (Å²) in [4.78, 5) is 0. The Bertz CT molecular complexity index is 737. The van der Waals surface area contributed by atoms with E-state index in [0.717, 1.165) is 16.5 Å². The highest BCUT2D eigenvalue weighted by molar-refractivity contribution is 7.95. The Morgan fingerprint density at radius 3 is 2.43 bits per heavy atom. The second-order valence-electron chi connectivity index (χ2n) is 4.54. The minimum absolute atomic E-state index is 0.536. The molecule has 1 N–H and O–H groups in total. The van der Waals surface area contributed by atoms with Crippen LogP contribution in [0.1, 0.15) is 11.1 Å². The molecule has 0 bridgehead atoms. The minimum atomic E-state index is -3.55. The average Bonchev–Trinajstić information content (AvgIpc) is 2.48. The Labute approximate surface area is 125 Å². The van der Waals surface area contributed by atoms with Crippen molar-refractivity contribution in [1.29, 1.82) is 0 Å². The fourth-order valence-electron chi connectivity index (χ4n) is 1.80. The molecule has 2 rings (SSSR count). The number of benzene rings is 2. The molecule has 5 heteroatoms. The van der Waals surface area contributed by atoms with Gasteiger partial charge in [0.15, 0.2) is 0 Å². The highest BCUT2D eigenvalue weighted by Gasteiger charge is 2.08. The van der Waals surface area contributed by atoms with Gasteiger partial charge in [-0.3, -0.25) is 4.72 Å². The summed E-state index contributed by atoms with van der Waals surface area (Å²) in [6.07, 6.45) is 1.56. The van der Waals surface area contributed by atoms with Crippen LogP contribution in [-0.4, -0.2) is 15.5 Å². The van der Waals surface area contributed by atoms with Gasteiger partial charge in [0.1, 0.15) is 5.75 Å². The van der Waals surface area contributed by atoms with Gasteiger partial charge in [-0.15, -0.1) is 0 Å². The Kier molecular flexibility index (Phi) is 4.65. The van der Waals surface area contributed by atoms with Crippen LogP contribution in [0.15, 0.2) is 53.9 Å². The second kappa shape index (κ2) is 6.45. The molecular weight excluding hydrogens is 286 g/mol. The Hall–Kier alpha value is -2.27. The molecule has 0 saturated heterocycles. The van der Waals surface area contributed by atoms with Gasteiger partial charge in [0, 0.05) is 0 Å². The number of methoxy groups -OCH3 is 1. The van der Waals surface area contributed by atoms with E-state index in [4.69, 9.17) is 4.74 Å². The molecule has 0 heterocycles. The van der Waals surface area contributed by atoms with E-state index in [1.807, 2.05) is 37.3 Å². The molecule has 21 heavy (non-hydrogen) atoms. The van der Waals surface area contributed by atoms with Crippen LogP contribution in [0, 0.1) is 6.92 Å². The number of nitrogens with one attached hydrogen (secondary N) is 1. The molecule has 0 atom stereocenters. The number of anilines is 1. The highest BCUT2D eigenvalue weighted by Crippen LogP contribution is 2.22. The first-order chi connectivity index (χ1) is 10.00. The lowest BCUT2D eigenvalue weighted by molar-refractivity contribution is 0.414. The first-order valence-electron chi connectivity index (χ1n) is 6.41. The quantitative estimate of drug-likeness (QED) is 0.921. The van der Waals surface area contributed by atoms with Crippen LogP contribution in [0.5, 0.6) is 5.75 Å². The average molecular weight is 303 g/mol. The monoisotopic (exact) mass is 303 g/mol. The molecule has 0 spiro atoms. The Balaban J connectivity index is 2.16. The number of sulfonamides is 1. The van der Waals surface area contributed by atoms with Crippen molar-refractivity contribution in [3.8, 4) is 5.75 Å². The largest absolute Gasteiger partial charge is 0.497 e. The van der Waals surface area contributed by atoms with Gasteiger partial charge in [-0.2, -0.15) is 0 Å². The van der Waals surface area contributed by atoms with Crippen molar-refractivity contribution in [2.75, 3.05) is 11.8 Å². The van der Waals surface area contributed by atoms with Crippen molar-refractivity contribution in [2.24, 2.45) is 0 Å². The number of aryl methyl sites for hydroxylation is 1. The maximum atomic E-state index is 12.1. The van der Waals surface area contributed by atoms with E-state index in [2.05, 4.69) is 4.72 Å². The number of ether oxygens (including phenoxy) is 1. The maximum Gasteiger partial charge on any atom is 0.255 e. The summed E-state index contributed by atoms with van der Waals surface area (Å²) in [7, 11) is -1.98. The third kappa shape index (κ3) is 4.36.